The van der Waals surface area contributed by atoms with Crippen molar-refractivity contribution in [3.8, 4) is 11.8 Å². The molecular formula is C17H22N4O2. The maximum Gasteiger partial charge on any atom is 0.277 e. The van der Waals surface area contributed by atoms with Gasteiger partial charge >= 0.3 is 0 Å². The highest BCUT2D eigenvalue weighted by molar-refractivity contribution is 5.87. The monoisotopic (exact) mass is 314 g/mol. The van der Waals surface area contributed by atoms with Gasteiger partial charge in [0, 0.05) is 37.7 Å². The Bertz CT molecular complexity index is 592. The van der Waals surface area contributed by atoms with Gasteiger partial charge in [0.1, 0.15) is 5.75 Å². The van der Waals surface area contributed by atoms with Crippen molar-refractivity contribution >= 4 is 11.6 Å². The van der Waals surface area contributed by atoms with Crippen molar-refractivity contribution in [2.75, 3.05) is 19.7 Å². The number of benzene rings is 1. The van der Waals surface area contributed by atoms with Crippen molar-refractivity contribution in [3.05, 3.63) is 29.8 Å². The minimum atomic E-state index is -0.284. The molecule has 1 aliphatic rings. The summed E-state index contributed by atoms with van der Waals surface area (Å²) in [5, 5.41) is 12.9. The highest BCUT2D eigenvalue weighted by atomic mass is 16.5. The first-order valence-electron chi connectivity index (χ1n) is 7.80. The highest BCUT2D eigenvalue weighted by Crippen LogP contribution is 2.11. The van der Waals surface area contributed by atoms with Crippen LogP contribution in [-0.2, 0) is 4.79 Å². The Kier molecular flexibility index (Phi) is 6.12. The summed E-state index contributed by atoms with van der Waals surface area (Å²) in [6.45, 7) is 6.23. The molecule has 1 heterocycles. The van der Waals surface area contributed by atoms with E-state index >= 15 is 0 Å². The second-order valence-electron chi connectivity index (χ2n) is 5.77. The Morgan fingerprint density at radius 3 is 2.57 bits per heavy atom. The first-order chi connectivity index (χ1) is 11.1. The molecule has 6 nitrogen and oxygen atoms in total. The van der Waals surface area contributed by atoms with Gasteiger partial charge in [-0.05, 0) is 38.1 Å². The third-order valence-electron chi connectivity index (χ3n) is 3.80. The number of ether oxygens (including phenoxy) is 1. The van der Waals surface area contributed by atoms with Gasteiger partial charge in [-0.3, -0.25) is 4.79 Å². The lowest BCUT2D eigenvalue weighted by Crippen LogP contribution is -2.39. The molecule has 6 heteroatoms. The Balaban J connectivity index is 1.73. The maximum atomic E-state index is 11.7. The average Bonchev–Trinajstić information content (AvgIpc) is 2.59. The van der Waals surface area contributed by atoms with Crippen LogP contribution in [0.25, 0.3) is 0 Å². The molecule has 0 atom stereocenters. The standard InChI is InChI=1S/C17H22N4O2/c1-13(2)21-9-7-15(8-10-21)19-20-17(22)12-23-16-5-3-14(11-18)4-6-16/h3-6,13H,7-10,12H2,1-2H3,(H,20,22). The molecule has 23 heavy (non-hydrogen) atoms. The molecule has 0 spiro atoms. The number of hydrazone groups is 1. The van der Waals surface area contributed by atoms with E-state index < -0.39 is 0 Å². The predicted octanol–water partition coefficient (Wildman–Crippen LogP) is 1.91. The average molecular weight is 314 g/mol. The molecule has 0 bridgehead atoms. The molecule has 1 aromatic rings. The summed E-state index contributed by atoms with van der Waals surface area (Å²) in [7, 11) is 0. The highest BCUT2D eigenvalue weighted by Gasteiger charge is 2.17. The minimum Gasteiger partial charge on any atom is -0.484 e. The van der Waals surface area contributed by atoms with E-state index in [2.05, 4.69) is 29.3 Å². The number of rotatable bonds is 5. The van der Waals surface area contributed by atoms with E-state index in [4.69, 9.17) is 10.00 Å². The molecule has 0 aliphatic carbocycles. The van der Waals surface area contributed by atoms with E-state index in [0.717, 1.165) is 31.6 Å². The fraction of sp³-hybridized carbons (Fsp3) is 0.471. The fourth-order valence-corrected chi connectivity index (χ4v) is 2.36. The number of amides is 1. The molecule has 1 aromatic carbocycles. The van der Waals surface area contributed by atoms with Crippen LogP contribution in [0.2, 0.25) is 0 Å². The molecule has 1 saturated heterocycles. The summed E-state index contributed by atoms with van der Waals surface area (Å²) in [5.74, 6) is 0.269. The molecule has 122 valence electrons. The molecule has 1 amide bonds. The number of nitrogens with zero attached hydrogens (tertiary/aromatic N) is 3. The lowest BCUT2D eigenvalue weighted by Gasteiger charge is -2.30. The first-order valence-corrected chi connectivity index (χ1v) is 7.80. The number of hydrogen-bond donors (Lipinski definition) is 1. The van der Waals surface area contributed by atoms with Gasteiger partial charge in [0.25, 0.3) is 5.91 Å². The van der Waals surface area contributed by atoms with Crippen LogP contribution in [0.3, 0.4) is 0 Å². The zero-order chi connectivity index (χ0) is 16.7. The Morgan fingerprint density at radius 2 is 2.00 bits per heavy atom. The van der Waals surface area contributed by atoms with E-state index in [1.807, 2.05) is 6.07 Å². The zero-order valence-corrected chi connectivity index (χ0v) is 13.6. The quantitative estimate of drug-likeness (QED) is 0.842. The topological polar surface area (TPSA) is 77.7 Å². The van der Waals surface area contributed by atoms with Gasteiger partial charge in [-0.1, -0.05) is 0 Å². The number of nitrogens with one attached hydrogen (secondary N) is 1. The summed E-state index contributed by atoms with van der Waals surface area (Å²) in [6, 6.07) is 9.21. The van der Waals surface area contributed by atoms with Crippen LogP contribution in [0.1, 0.15) is 32.3 Å². The minimum absolute atomic E-state index is 0.0964. The normalized spacial score (nSPS) is 15.1. The van der Waals surface area contributed by atoms with Crippen molar-refractivity contribution in [2.45, 2.75) is 32.7 Å². The van der Waals surface area contributed by atoms with Crippen molar-refractivity contribution in [1.29, 1.82) is 5.26 Å². The number of hydrogen-bond acceptors (Lipinski definition) is 5. The summed E-state index contributed by atoms with van der Waals surface area (Å²) < 4.78 is 5.36. The van der Waals surface area contributed by atoms with Gasteiger partial charge in [0.15, 0.2) is 6.61 Å². The SMILES string of the molecule is CC(C)N1CCC(=NNC(=O)COc2ccc(C#N)cc2)CC1. The van der Waals surface area contributed by atoms with Gasteiger partial charge < -0.3 is 9.64 Å². The van der Waals surface area contributed by atoms with Crippen LogP contribution in [-0.4, -0.2) is 42.3 Å². The van der Waals surface area contributed by atoms with Crippen molar-refractivity contribution < 1.29 is 9.53 Å². The van der Waals surface area contributed by atoms with Crippen LogP contribution in [0.4, 0.5) is 0 Å². The number of carbonyl (C=O) groups excluding carboxylic acids is 1. The fourth-order valence-electron chi connectivity index (χ4n) is 2.36. The molecule has 1 N–H and O–H groups in total. The number of likely N-dealkylation sites (tertiary alicyclic amines) is 1. The van der Waals surface area contributed by atoms with E-state index in [1.165, 1.54) is 0 Å². The molecule has 0 unspecified atom stereocenters. The second-order valence-corrected chi connectivity index (χ2v) is 5.77. The lowest BCUT2D eigenvalue weighted by atomic mass is 10.1. The van der Waals surface area contributed by atoms with Crippen LogP contribution in [0, 0.1) is 11.3 Å². The first kappa shape index (κ1) is 17.0. The molecular weight excluding hydrogens is 292 g/mol. The van der Waals surface area contributed by atoms with Crippen LogP contribution in [0.15, 0.2) is 29.4 Å². The van der Waals surface area contributed by atoms with E-state index in [0.29, 0.717) is 17.4 Å². The predicted molar refractivity (Wildman–Crippen MR) is 88.2 cm³/mol. The van der Waals surface area contributed by atoms with Gasteiger partial charge in [0.2, 0.25) is 0 Å². The van der Waals surface area contributed by atoms with Crippen LogP contribution >= 0.6 is 0 Å². The molecule has 0 saturated carbocycles. The third-order valence-corrected chi connectivity index (χ3v) is 3.80. The number of piperidine rings is 1. The Hall–Kier alpha value is -2.39. The van der Waals surface area contributed by atoms with Gasteiger partial charge in [-0.2, -0.15) is 10.4 Å². The lowest BCUT2D eigenvalue weighted by molar-refractivity contribution is -0.123. The second kappa shape index (κ2) is 8.30. The van der Waals surface area contributed by atoms with Gasteiger partial charge in [0.05, 0.1) is 11.6 Å². The number of nitriles is 1. The van der Waals surface area contributed by atoms with Gasteiger partial charge in [-0.15, -0.1) is 0 Å². The molecule has 0 aromatic heterocycles. The van der Waals surface area contributed by atoms with E-state index in [1.54, 1.807) is 24.3 Å². The zero-order valence-electron chi connectivity index (χ0n) is 13.6. The molecule has 1 aliphatic heterocycles. The van der Waals surface area contributed by atoms with Gasteiger partial charge in [-0.25, -0.2) is 5.43 Å². The third kappa shape index (κ3) is 5.38. The molecule has 1 fully saturated rings. The number of carbonyl (C=O) groups is 1. The van der Waals surface area contributed by atoms with Crippen LogP contribution in [0.5, 0.6) is 5.75 Å². The van der Waals surface area contributed by atoms with Crippen LogP contribution < -0.4 is 10.2 Å². The summed E-state index contributed by atoms with van der Waals surface area (Å²) in [6.07, 6.45) is 1.77. The largest absolute Gasteiger partial charge is 0.484 e. The van der Waals surface area contributed by atoms with E-state index in [-0.39, 0.29) is 12.5 Å². The Morgan fingerprint density at radius 1 is 1.35 bits per heavy atom. The maximum absolute atomic E-state index is 11.7. The van der Waals surface area contributed by atoms with Crippen molar-refractivity contribution in [2.24, 2.45) is 5.10 Å². The van der Waals surface area contributed by atoms with Crippen molar-refractivity contribution in [3.63, 3.8) is 0 Å². The Labute approximate surface area is 136 Å². The smallest absolute Gasteiger partial charge is 0.277 e. The van der Waals surface area contributed by atoms with E-state index in [9.17, 15) is 4.79 Å². The molecule has 0 radical (unpaired) electrons. The summed E-state index contributed by atoms with van der Waals surface area (Å²) >= 11 is 0. The van der Waals surface area contributed by atoms with Crippen molar-refractivity contribution in [1.82, 2.24) is 10.3 Å². The summed E-state index contributed by atoms with van der Waals surface area (Å²) in [4.78, 5) is 14.1. The summed E-state index contributed by atoms with van der Waals surface area (Å²) in [5.41, 5.74) is 4.12. The molecule has 2 rings (SSSR count).